The summed E-state index contributed by atoms with van der Waals surface area (Å²) in [5.74, 6) is 0.490. The number of nitrogens with one attached hydrogen (secondary N) is 1. The second-order valence-electron chi connectivity index (χ2n) is 7.16. The van der Waals surface area contributed by atoms with E-state index in [-0.39, 0.29) is 29.6 Å². The van der Waals surface area contributed by atoms with Crippen molar-refractivity contribution in [2.24, 2.45) is 0 Å². The Bertz CT molecular complexity index is 1090. The number of ether oxygens (including phenoxy) is 3. The quantitative estimate of drug-likeness (QED) is 0.703. The highest BCUT2D eigenvalue weighted by molar-refractivity contribution is 7.89. The van der Waals surface area contributed by atoms with E-state index in [2.05, 4.69) is 5.32 Å². The van der Waals surface area contributed by atoms with Crippen molar-refractivity contribution in [3.05, 3.63) is 47.0 Å². The number of halogens is 1. The third-order valence-corrected chi connectivity index (χ3v) is 7.24. The fourth-order valence-electron chi connectivity index (χ4n) is 3.57. The first-order chi connectivity index (χ1) is 14.9. The van der Waals surface area contributed by atoms with Gasteiger partial charge in [0.15, 0.2) is 6.10 Å². The molecule has 31 heavy (non-hydrogen) atoms. The van der Waals surface area contributed by atoms with Gasteiger partial charge in [0.05, 0.1) is 19.8 Å². The van der Waals surface area contributed by atoms with Crippen molar-refractivity contribution in [1.29, 1.82) is 0 Å². The molecule has 0 aliphatic carbocycles. The van der Waals surface area contributed by atoms with E-state index in [1.165, 1.54) is 10.4 Å². The van der Waals surface area contributed by atoms with Crippen LogP contribution in [0.3, 0.4) is 0 Å². The van der Waals surface area contributed by atoms with Crippen molar-refractivity contribution in [3.63, 3.8) is 0 Å². The Labute approximate surface area is 186 Å². The van der Waals surface area contributed by atoms with E-state index in [1.807, 2.05) is 0 Å². The molecule has 2 aromatic rings. The number of hydrogen-bond acceptors (Lipinski definition) is 6. The van der Waals surface area contributed by atoms with Crippen molar-refractivity contribution >= 4 is 33.2 Å². The largest absolute Gasteiger partial charge is 0.492 e. The molecule has 1 N–H and O–H groups in total. The zero-order valence-corrected chi connectivity index (χ0v) is 18.5. The van der Waals surface area contributed by atoms with Crippen molar-refractivity contribution < 1.29 is 27.4 Å². The summed E-state index contributed by atoms with van der Waals surface area (Å²) in [6.45, 7) is 3.30. The summed E-state index contributed by atoms with van der Waals surface area (Å²) in [5.41, 5.74) is 1.20. The highest BCUT2D eigenvalue weighted by Crippen LogP contribution is 2.33. The van der Waals surface area contributed by atoms with Crippen molar-refractivity contribution in [3.8, 4) is 11.5 Å². The first-order valence-corrected chi connectivity index (χ1v) is 11.8. The van der Waals surface area contributed by atoms with Crippen LogP contribution >= 0.6 is 11.6 Å². The van der Waals surface area contributed by atoms with Gasteiger partial charge >= 0.3 is 0 Å². The molecule has 1 unspecified atom stereocenters. The minimum atomic E-state index is -3.81. The number of amides is 1. The van der Waals surface area contributed by atoms with Crippen LogP contribution in [-0.2, 0) is 26.0 Å². The van der Waals surface area contributed by atoms with Crippen LogP contribution in [0.1, 0.15) is 12.5 Å². The fraction of sp³-hybridized carbons (Fsp3) is 0.381. The molecule has 8 nitrogen and oxygen atoms in total. The summed E-state index contributed by atoms with van der Waals surface area (Å²) in [5, 5.41) is 3.33. The molecule has 10 heteroatoms. The van der Waals surface area contributed by atoms with Crippen LogP contribution in [0.5, 0.6) is 11.5 Å². The number of fused-ring (bicyclic) bond motifs is 1. The number of carbonyl (C=O) groups excluding carboxylic acids is 1. The van der Waals surface area contributed by atoms with Crippen LogP contribution < -0.4 is 14.8 Å². The number of rotatable bonds is 6. The Morgan fingerprint density at radius 3 is 2.74 bits per heavy atom. The van der Waals surface area contributed by atoms with E-state index in [0.29, 0.717) is 42.7 Å². The maximum Gasteiger partial charge on any atom is 0.265 e. The zero-order chi connectivity index (χ0) is 22.0. The van der Waals surface area contributed by atoms with Crippen LogP contribution in [0.25, 0.3) is 0 Å². The van der Waals surface area contributed by atoms with Gasteiger partial charge in [-0.2, -0.15) is 4.31 Å². The Morgan fingerprint density at radius 1 is 1.23 bits per heavy atom. The molecule has 1 atom stereocenters. The topological polar surface area (TPSA) is 94.2 Å². The smallest absolute Gasteiger partial charge is 0.265 e. The second kappa shape index (κ2) is 9.04. The first kappa shape index (κ1) is 21.9. The maximum atomic E-state index is 13.2. The lowest BCUT2D eigenvalue weighted by Gasteiger charge is -2.27. The van der Waals surface area contributed by atoms with Crippen LogP contribution in [0.15, 0.2) is 41.3 Å². The summed E-state index contributed by atoms with van der Waals surface area (Å²) in [7, 11) is -3.81. The molecule has 0 aromatic heterocycles. The molecule has 0 radical (unpaired) electrons. The molecule has 1 fully saturated rings. The molecule has 2 heterocycles. The Kier molecular flexibility index (Phi) is 6.38. The lowest BCUT2D eigenvalue weighted by molar-refractivity contribution is -0.122. The van der Waals surface area contributed by atoms with Gasteiger partial charge in [0.25, 0.3) is 5.91 Å². The lowest BCUT2D eigenvalue weighted by atomic mass is 10.1. The van der Waals surface area contributed by atoms with E-state index < -0.39 is 16.1 Å². The van der Waals surface area contributed by atoms with Gasteiger partial charge in [-0.25, -0.2) is 8.42 Å². The van der Waals surface area contributed by atoms with E-state index in [0.717, 1.165) is 5.56 Å². The predicted octanol–water partition coefficient (Wildman–Crippen LogP) is 2.70. The van der Waals surface area contributed by atoms with Gasteiger partial charge in [-0.1, -0.05) is 11.6 Å². The molecular formula is C21H23ClN2O6S. The van der Waals surface area contributed by atoms with E-state index in [1.54, 1.807) is 37.3 Å². The molecule has 0 saturated carbocycles. The van der Waals surface area contributed by atoms with Crippen LogP contribution in [0.4, 0.5) is 5.69 Å². The standard InChI is InChI=1S/C21H23ClN2O6S/c1-2-29-18-6-4-16(13-20(18)31(26,27)24-7-9-28-10-8-24)23-21(25)19-12-14-11-15(22)3-5-17(14)30-19/h3-6,11,13,19H,2,7-10,12H2,1H3,(H,23,25). The van der Waals surface area contributed by atoms with Gasteiger partial charge in [0, 0.05) is 30.2 Å². The number of anilines is 1. The number of benzene rings is 2. The minimum Gasteiger partial charge on any atom is -0.492 e. The average Bonchev–Trinajstić information content (AvgIpc) is 3.19. The summed E-state index contributed by atoms with van der Waals surface area (Å²) in [6, 6.07) is 9.79. The SMILES string of the molecule is CCOc1ccc(NC(=O)C2Cc3cc(Cl)ccc3O2)cc1S(=O)(=O)N1CCOCC1. The summed E-state index contributed by atoms with van der Waals surface area (Å²) >= 11 is 6.01. The zero-order valence-electron chi connectivity index (χ0n) is 17.0. The third-order valence-electron chi connectivity index (χ3n) is 5.09. The van der Waals surface area contributed by atoms with Gasteiger partial charge in [-0.3, -0.25) is 4.79 Å². The van der Waals surface area contributed by atoms with Gasteiger partial charge in [-0.05, 0) is 48.9 Å². The first-order valence-electron chi connectivity index (χ1n) is 9.99. The lowest BCUT2D eigenvalue weighted by Crippen LogP contribution is -2.40. The van der Waals surface area contributed by atoms with Crippen LogP contribution in [-0.4, -0.2) is 57.6 Å². The average molecular weight is 467 g/mol. The van der Waals surface area contributed by atoms with Gasteiger partial charge in [-0.15, -0.1) is 0 Å². The second-order valence-corrected chi connectivity index (χ2v) is 9.51. The minimum absolute atomic E-state index is 0.0106. The van der Waals surface area contributed by atoms with Crippen LogP contribution in [0.2, 0.25) is 5.02 Å². The molecule has 1 amide bonds. The Morgan fingerprint density at radius 2 is 2.00 bits per heavy atom. The summed E-state index contributed by atoms with van der Waals surface area (Å²) in [4.78, 5) is 12.8. The predicted molar refractivity (Wildman–Crippen MR) is 115 cm³/mol. The number of carbonyl (C=O) groups is 1. The highest BCUT2D eigenvalue weighted by atomic mass is 35.5. The van der Waals surface area contributed by atoms with Gasteiger partial charge < -0.3 is 19.5 Å². The molecule has 166 valence electrons. The highest BCUT2D eigenvalue weighted by Gasteiger charge is 2.32. The molecule has 4 rings (SSSR count). The number of morpholine rings is 1. The van der Waals surface area contributed by atoms with Crippen molar-refractivity contribution in [2.45, 2.75) is 24.3 Å². The summed E-state index contributed by atoms with van der Waals surface area (Å²) < 4.78 is 44.3. The van der Waals surface area contributed by atoms with E-state index in [9.17, 15) is 13.2 Å². The fourth-order valence-corrected chi connectivity index (χ4v) is 5.33. The molecule has 0 spiro atoms. The van der Waals surface area contributed by atoms with Crippen molar-refractivity contribution in [2.75, 3.05) is 38.2 Å². The molecule has 0 bridgehead atoms. The van der Waals surface area contributed by atoms with E-state index in [4.69, 9.17) is 25.8 Å². The molecule has 1 saturated heterocycles. The Balaban J connectivity index is 1.55. The monoisotopic (exact) mass is 466 g/mol. The normalized spacial score (nSPS) is 18.8. The molecular weight excluding hydrogens is 444 g/mol. The number of nitrogens with zero attached hydrogens (tertiary/aromatic N) is 1. The number of sulfonamides is 1. The molecule has 2 aliphatic rings. The third kappa shape index (κ3) is 4.64. The number of hydrogen-bond donors (Lipinski definition) is 1. The van der Waals surface area contributed by atoms with Gasteiger partial charge in [0.1, 0.15) is 16.4 Å². The van der Waals surface area contributed by atoms with Crippen molar-refractivity contribution in [1.82, 2.24) is 4.31 Å². The molecule has 2 aliphatic heterocycles. The van der Waals surface area contributed by atoms with Crippen LogP contribution in [0, 0.1) is 0 Å². The Hall–Kier alpha value is -2.33. The summed E-state index contributed by atoms with van der Waals surface area (Å²) in [6.07, 6.45) is -0.336. The van der Waals surface area contributed by atoms with E-state index >= 15 is 0 Å². The maximum absolute atomic E-state index is 13.2. The van der Waals surface area contributed by atoms with Gasteiger partial charge in [0.2, 0.25) is 10.0 Å². The molecule has 2 aromatic carbocycles.